The summed E-state index contributed by atoms with van der Waals surface area (Å²) >= 11 is 0. The van der Waals surface area contributed by atoms with Crippen molar-refractivity contribution in [1.29, 1.82) is 0 Å². The van der Waals surface area contributed by atoms with Gasteiger partial charge in [-0.2, -0.15) is 0 Å². The van der Waals surface area contributed by atoms with Gasteiger partial charge in [0.15, 0.2) is 6.10 Å². The third kappa shape index (κ3) is 3.18. The molecule has 3 nitrogen and oxygen atoms in total. The van der Waals surface area contributed by atoms with E-state index >= 15 is 0 Å². The number of carbonyl (C=O) groups is 1. The molecule has 21 heavy (non-hydrogen) atoms. The quantitative estimate of drug-likeness (QED) is 0.841. The number of hydrogen-bond donors (Lipinski definition) is 0. The molecule has 3 heteroatoms. The van der Waals surface area contributed by atoms with Crippen molar-refractivity contribution in [3.8, 4) is 5.75 Å². The average Bonchev–Trinajstić information content (AvgIpc) is 3.30. The Morgan fingerprint density at radius 1 is 1.24 bits per heavy atom. The van der Waals surface area contributed by atoms with E-state index in [1.165, 1.54) is 12.8 Å². The first-order chi connectivity index (χ1) is 10.1. The molecule has 1 amide bonds. The number of hydrogen-bond acceptors (Lipinski definition) is 2. The van der Waals surface area contributed by atoms with Gasteiger partial charge in [-0.3, -0.25) is 4.79 Å². The average molecular weight is 283 g/mol. The fourth-order valence-corrected chi connectivity index (χ4v) is 2.63. The molecule has 1 aliphatic rings. The molecule has 0 aliphatic heterocycles. The Morgan fingerprint density at radius 2 is 1.95 bits per heavy atom. The van der Waals surface area contributed by atoms with Gasteiger partial charge in [0.25, 0.3) is 5.91 Å². The van der Waals surface area contributed by atoms with Crippen molar-refractivity contribution in [3.05, 3.63) is 42.5 Å². The van der Waals surface area contributed by atoms with Gasteiger partial charge in [0.05, 0.1) is 0 Å². The second kappa shape index (κ2) is 5.76. The Morgan fingerprint density at radius 3 is 2.71 bits per heavy atom. The molecule has 1 unspecified atom stereocenters. The number of likely N-dealkylation sites (N-methyl/N-ethyl adjacent to an activating group) is 1. The summed E-state index contributed by atoms with van der Waals surface area (Å²) < 4.78 is 5.92. The van der Waals surface area contributed by atoms with E-state index in [9.17, 15) is 4.79 Å². The molecule has 0 saturated heterocycles. The maximum Gasteiger partial charge on any atom is 0.263 e. The molecule has 0 heterocycles. The first kappa shape index (κ1) is 13.9. The first-order valence-corrected chi connectivity index (χ1v) is 7.54. The highest BCUT2D eigenvalue weighted by Crippen LogP contribution is 2.30. The summed E-state index contributed by atoms with van der Waals surface area (Å²) in [5.74, 6) is 1.52. The van der Waals surface area contributed by atoms with Crippen LogP contribution in [-0.2, 0) is 4.79 Å². The van der Waals surface area contributed by atoms with Gasteiger partial charge in [-0.15, -0.1) is 0 Å². The van der Waals surface area contributed by atoms with Gasteiger partial charge in [-0.25, -0.2) is 0 Å². The molecule has 0 aromatic heterocycles. The number of nitrogens with zero attached hydrogens (tertiary/aromatic N) is 1. The second-order valence-electron chi connectivity index (χ2n) is 5.90. The molecular weight excluding hydrogens is 262 g/mol. The van der Waals surface area contributed by atoms with Crippen LogP contribution in [0.25, 0.3) is 10.8 Å². The van der Waals surface area contributed by atoms with E-state index in [0.29, 0.717) is 5.92 Å². The molecule has 0 spiro atoms. The Kier molecular flexibility index (Phi) is 3.82. The number of amides is 1. The summed E-state index contributed by atoms with van der Waals surface area (Å²) in [5.41, 5.74) is 0. The first-order valence-electron chi connectivity index (χ1n) is 7.54. The molecular formula is C18H21NO2. The molecule has 1 aliphatic carbocycles. The van der Waals surface area contributed by atoms with Crippen LogP contribution in [0.1, 0.15) is 19.8 Å². The summed E-state index contributed by atoms with van der Waals surface area (Å²) in [4.78, 5) is 14.1. The fraction of sp³-hybridized carbons (Fsp3) is 0.389. The fourth-order valence-electron chi connectivity index (χ4n) is 2.63. The molecule has 0 bridgehead atoms. The largest absolute Gasteiger partial charge is 0.480 e. The van der Waals surface area contributed by atoms with Crippen LogP contribution in [0.3, 0.4) is 0 Å². The smallest absolute Gasteiger partial charge is 0.263 e. The van der Waals surface area contributed by atoms with E-state index in [-0.39, 0.29) is 5.91 Å². The van der Waals surface area contributed by atoms with E-state index in [2.05, 4.69) is 0 Å². The molecule has 3 rings (SSSR count). The van der Waals surface area contributed by atoms with Gasteiger partial charge in [-0.1, -0.05) is 36.4 Å². The van der Waals surface area contributed by atoms with Crippen molar-refractivity contribution >= 4 is 16.7 Å². The molecule has 1 saturated carbocycles. The van der Waals surface area contributed by atoms with Crippen molar-refractivity contribution in [1.82, 2.24) is 4.90 Å². The SMILES string of the molecule is CC(Oc1cccc2ccccc12)C(=O)N(C)CC1CC1. The van der Waals surface area contributed by atoms with Crippen molar-refractivity contribution in [2.45, 2.75) is 25.9 Å². The molecule has 2 aromatic carbocycles. The van der Waals surface area contributed by atoms with Crippen LogP contribution >= 0.6 is 0 Å². The lowest BCUT2D eigenvalue weighted by molar-refractivity contribution is -0.136. The minimum absolute atomic E-state index is 0.0508. The van der Waals surface area contributed by atoms with Crippen LogP contribution < -0.4 is 4.74 Å². The van der Waals surface area contributed by atoms with Gasteiger partial charge in [0, 0.05) is 19.0 Å². The zero-order valence-corrected chi connectivity index (χ0v) is 12.6. The molecule has 0 radical (unpaired) electrons. The zero-order chi connectivity index (χ0) is 14.8. The number of benzene rings is 2. The molecule has 1 atom stereocenters. The topological polar surface area (TPSA) is 29.5 Å². The summed E-state index contributed by atoms with van der Waals surface area (Å²) in [6.45, 7) is 2.68. The lowest BCUT2D eigenvalue weighted by Crippen LogP contribution is -2.39. The number of carbonyl (C=O) groups excluding carboxylic acids is 1. The summed E-state index contributed by atoms with van der Waals surface area (Å²) in [6.07, 6.45) is 2.03. The molecule has 110 valence electrons. The van der Waals surface area contributed by atoms with Gasteiger partial charge >= 0.3 is 0 Å². The lowest BCUT2D eigenvalue weighted by atomic mass is 10.1. The van der Waals surface area contributed by atoms with Crippen LogP contribution in [0, 0.1) is 5.92 Å². The zero-order valence-electron chi connectivity index (χ0n) is 12.6. The predicted octanol–water partition coefficient (Wildman–Crippen LogP) is 3.48. The van der Waals surface area contributed by atoms with E-state index in [0.717, 1.165) is 23.1 Å². The highest BCUT2D eigenvalue weighted by molar-refractivity contribution is 5.89. The van der Waals surface area contributed by atoms with Crippen LogP contribution in [0.2, 0.25) is 0 Å². The summed E-state index contributed by atoms with van der Waals surface area (Å²) in [6, 6.07) is 14.0. The molecule has 1 fully saturated rings. The van der Waals surface area contributed by atoms with Crippen molar-refractivity contribution in [2.75, 3.05) is 13.6 Å². The van der Waals surface area contributed by atoms with E-state index in [1.54, 1.807) is 4.90 Å². The minimum atomic E-state index is -0.459. The third-order valence-electron chi connectivity index (χ3n) is 4.01. The summed E-state index contributed by atoms with van der Waals surface area (Å²) in [7, 11) is 1.86. The molecule has 2 aromatic rings. The Balaban J connectivity index is 1.73. The van der Waals surface area contributed by atoms with Crippen molar-refractivity contribution < 1.29 is 9.53 Å². The highest BCUT2D eigenvalue weighted by atomic mass is 16.5. The Hall–Kier alpha value is -2.03. The van der Waals surface area contributed by atoms with E-state index < -0.39 is 6.10 Å². The Labute approximate surface area is 125 Å². The van der Waals surface area contributed by atoms with Gasteiger partial charge < -0.3 is 9.64 Å². The second-order valence-corrected chi connectivity index (χ2v) is 5.90. The van der Waals surface area contributed by atoms with Crippen LogP contribution in [-0.4, -0.2) is 30.5 Å². The van der Waals surface area contributed by atoms with Crippen molar-refractivity contribution in [3.63, 3.8) is 0 Å². The van der Waals surface area contributed by atoms with Crippen LogP contribution in [0.5, 0.6) is 5.75 Å². The van der Waals surface area contributed by atoms with Crippen LogP contribution in [0.4, 0.5) is 0 Å². The summed E-state index contributed by atoms with van der Waals surface area (Å²) in [5, 5.41) is 2.17. The number of fused-ring (bicyclic) bond motifs is 1. The minimum Gasteiger partial charge on any atom is -0.480 e. The normalized spacial score (nSPS) is 15.7. The number of rotatable bonds is 5. The van der Waals surface area contributed by atoms with Gasteiger partial charge in [0.2, 0.25) is 0 Å². The maximum absolute atomic E-state index is 12.3. The highest BCUT2D eigenvalue weighted by Gasteiger charge is 2.27. The molecule has 0 N–H and O–H groups in total. The monoisotopic (exact) mass is 283 g/mol. The number of ether oxygens (including phenoxy) is 1. The van der Waals surface area contributed by atoms with Crippen molar-refractivity contribution in [2.24, 2.45) is 5.92 Å². The van der Waals surface area contributed by atoms with Gasteiger partial charge in [0.1, 0.15) is 5.75 Å². The Bertz CT molecular complexity index is 643. The standard InChI is InChI=1S/C18H21NO2/c1-13(18(20)19(2)12-14-10-11-14)21-17-9-5-7-15-6-3-4-8-16(15)17/h3-9,13-14H,10-12H2,1-2H3. The predicted molar refractivity (Wildman–Crippen MR) is 84.4 cm³/mol. The lowest BCUT2D eigenvalue weighted by Gasteiger charge is -2.22. The van der Waals surface area contributed by atoms with E-state index in [1.807, 2.05) is 56.4 Å². The van der Waals surface area contributed by atoms with Gasteiger partial charge in [-0.05, 0) is 37.1 Å². The van der Waals surface area contributed by atoms with E-state index in [4.69, 9.17) is 4.74 Å². The third-order valence-corrected chi connectivity index (χ3v) is 4.01. The van der Waals surface area contributed by atoms with Crippen LogP contribution in [0.15, 0.2) is 42.5 Å². The maximum atomic E-state index is 12.3.